The van der Waals surface area contributed by atoms with Crippen molar-refractivity contribution in [2.45, 2.75) is 40.0 Å². The van der Waals surface area contributed by atoms with E-state index in [9.17, 15) is 4.79 Å². The van der Waals surface area contributed by atoms with Gasteiger partial charge in [-0.15, -0.1) is 11.3 Å². The van der Waals surface area contributed by atoms with Crippen LogP contribution in [0.25, 0.3) is 0 Å². The fraction of sp³-hybridized carbons (Fsp3) is 0.500. The Balaban J connectivity index is 1.87. The first-order chi connectivity index (χ1) is 13.9. The van der Waals surface area contributed by atoms with Crippen LogP contribution < -0.4 is 10.6 Å². The van der Waals surface area contributed by atoms with Crippen molar-refractivity contribution in [3.8, 4) is 0 Å². The quantitative estimate of drug-likeness (QED) is 0.488. The number of aromatic nitrogens is 1. The van der Waals surface area contributed by atoms with Gasteiger partial charge in [-0.05, 0) is 44.4 Å². The number of aryl methyl sites for hydroxylation is 2. The molecule has 7 heteroatoms. The van der Waals surface area contributed by atoms with Gasteiger partial charge in [0, 0.05) is 50.6 Å². The van der Waals surface area contributed by atoms with Gasteiger partial charge in [-0.2, -0.15) is 0 Å². The van der Waals surface area contributed by atoms with Crippen molar-refractivity contribution in [2.24, 2.45) is 4.99 Å². The molecule has 2 rings (SSSR count). The van der Waals surface area contributed by atoms with Crippen LogP contribution in [0.4, 0.5) is 0 Å². The van der Waals surface area contributed by atoms with Crippen LogP contribution in [0.2, 0.25) is 0 Å². The Labute approximate surface area is 178 Å². The van der Waals surface area contributed by atoms with Crippen LogP contribution in [0.3, 0.4) is 0 Å². The van der Waals surface area contributed by atoms with E-state index < -0.39 is 0 Å². The lowest BCUT2D eigenvalue weighted by molar-refractivity contribution is 0.0827. The van der Waals surface area contributed by atoms with Crippen molar-refractivity contribution >= 4 is 23.2 Å². The number of nitrogens with zero attached hydrogens (tertiary/aromatic N) is 3. The van der Waals surface area contributed by atoms with Crippen LogP contribution in [0.15, 0.2) is 29.3 Å². The van der Waals surface area contributed by atoms with E-state index in [4.69, 9.17) is 0 Å². The van der Waals surface area contributed by atoms with E-state index in [-0.39, 0.29) is 5.91 Å². The summed E-state index contributed by atoms with van der Waals surface area (Å²) in [6, 6.07) is 7.81. The van der Waals surface area contributed by atoms with Crippen LogP contribution in [-0.4, -0.2) is 55.5 Å². The van der Waals surface area contributed by atoms with E-state index in [1.165, 1.54) is 10.6 Å². The molecule has 0 unspecified atom stereocenters. The van der Waals surface area contributed by atoms with E-state index in [0.29, 0.717) is 6.54 Å². The summed E-state index contributed by atoms with van der Waals surface area (Å²) in [6.45, 7) is 8.61. The Kier molecular flexibility index (Phi) is 9.12. The molecule has 0 saturated carbocycles. The topological polar surface area (TPSA) is 69.6 Å². The molecule has 0 aliphatic rings. The second kappa shape index (κ2) is 11.6. The van der Waals surface area contributed by atoms with Gasteiger partial charge in [0.2, 0.25) is 0 Å². The highest BCUT2D eigenvalue weighted by Crippen LogP contribution is 2.18. The molecular formula is C22H33N5OS. The minimum atomic E-state index is 0.0263. The zero-order valence-corrected chi connectivity index (χ0v) is 19.0. The maximum absolute atomic E-state index is 12.1. The molecule has 0 atom stereocenters. The van der Waals surface area contributed by atoms with Crippen molar-refractivity contribution in [3.63, 3.8) is 0 Å². The second-order valence-electron chi connectivity index (χ2n) is 7.05. The third kappa shape index (κ3) is 7.16. The van der Waals surface area contributed by atoms with Crippen molar-refractivity contribution < 1.29 is 4.79 Å². The summed E-state index contributed by atoms with van der Waals surface area (Å²) < 4.78 is 0. The number of rotatable bonds is 9. The average molecular weight is 416 g/mol. The summed E-state index contributed by atoms with van der Waals surface area (Å²) in [6.07, 6.45) is 2.67. The molecule has 6 nitrogen and oxygen atoms in total. The molecule has 1 heterocycles. The highest BCUT2D eigenvalue weighted by atomic mass is 32.1. The van der Waals surface area contributed by atoms with Crippen molar-refractivity contribution in [3.05, 3.63) is 51.0 Å². The number of carbonyl (C=O) groups is 1. The van der Waals surface area contributed by atoms with E-state index in [0.717, 1.165) is 54.4 Å². The van der Waals surface area contributed by atoms with Gasteiger partial charge in [0.25, 0.3) is 5.91 Å². The van der Waals surface area contributed by atoms with Gasteiger partial charge in [0.15, 0.2) is 5.96 Å². The lowest BCUT2D eigenvalue weighted by Gasteiger charge is -2.13. The number of benzene rings is 1. The first-order valence-corrected chi connectivity index (χ1v) is 11.0. The van der Waals surface area contributed by atoms with Gasteiger partial charge >= 0.3 is 0 Å². The minimum Gasteiger partial charge on any atom is -0.357 e. The normalized spacial score (nSPS) is 11.4. The predicted molar refractivity (Wildman–Crippen MR) is 122 cm³/mol. The van der Waals surface area contributed by atoms with Gasteiger partial charge in [-0.3, -0.25) is 9.79 Å². The van der Waals surface area contributed by atoms with Crippen molar-refractivity contribution in [1.82, 2.24) is 20.5 Å². The molecule has 1 amide bonds. The van der Waals surface area contributed by atoms with Gasteiger partial charge in [-0.1, -0.05) is 19.1 Å². The van der Waals surface area contributed by atoms with Crippen molar-refractivity contribution in [1.29, 1.82) is 0 Å². The molecule has 0 aliphatic carbocycles. The first kappa shape index (κ1) is 22.9. The van der Waals surface area contributed by atoms with E-state index in [1.54, 1.807) is 30.3 Å². The summed E-state index contributed by atoms with van der Waals surface area (Å²) in [5.74, 6) is 0.843. The third-order valence-electron chi connectivity index (χ3n) is 4.50. The summed E-state index contributed by atoms with van der Waals surface area (Å²) in [4.78, 5) is 24.4. The second-order valence-corrected chi connectivity index (χ2v) is 8.34. The zero-order valence-electron chi connectivity index (χ0n) is 18.2. The number of amides is 1. The number of hydrogen-bond donors (Lipinski definition) is 2. The summed E-state index contributed by atoms with van der Waals surface area (Å²) in [5.41, 5.74) is 3.05. The van der Waals surface area contributed by atoms with Crippen LogP contribution in [-0.2, 0) is 19.3 Å². The van der Waals surface area contributed by atoms with Crippen molar-refractivity contribution in [2.75, 3.05) is 33.7 Å². The molecule has 158 valence electrons. The predicted octanol–water partition coefficient (Wildman–Crippen LogP) is 3.06. The number of nitrogens with one attached hydrogen (secondary N) is 2. The summed E-state index contributed by atoms with van der Waals surface area (Å²) in [7, 11) is 3.54. The molecular weight excluding hydrogens is 382 g/mol. The molecule has 2 aromatic rings. The number of thiazole rings is 1. The molecule has 2 N–H and O–H groups in total. The minimum absolute atomic E-state index is 0.0263. The largest absolute Gasteiger partial charge is 0.357 e. The fourth-order valence-electron chi connectivity index (χ4n) is 2.97. The highest BCUT2D eigenvalue weighted by molar-refractivity contribution is 7.11. The van der Waals surface area contributed by atoms with E-state index in [1.807, 2.05) is 24.3 Å². The Morgan fingerprint density at radius 3 is 2.66 bits per heavy atom. The molecule has 0 spiro atoms. The Bertz CT molecular complexity index is 828. The number of aliphatic imine (C=N–C) groups is 1. The summed E-state index contributed by atoms with van der Waals surface area (Å²) >= 11 is 1.77. The Morgan fingerprint density at radius 1 is 1.21 bits per heavy atom. The third-order valence-corrected chi connectivity index (χ3v) is 5.57. The molecule has 0 radical (unpaired) electrons. The maximum atomic E-state index is 12.1. The lowest BCUT2D eigenvalue weighted by atomic mass is 10.1. The molecule has 0 aliphatic heterocycles. The number of guanidine groups is 1. The van der Waals surface area contributed by atoms with Gasteiger partial charge in [0.05, 0.1) is 10.7 Å². The van der Waals surface area contributed by atoms with Crippen LogP contribution in [0.5, 0.6) is 0 Å². The standard InChI is InChI=1S/C22H33N5OS/c1-6-19-16(3)29-20(26-19)12-14-25-22(23-7-2)24-13-11-17-9-8-10-18(15-17)21(28)27(4)5/h8-10,15H,6-7,11-14H2,1-5H3,(H2,23,24,25). The number of carbonyl (C=O) groups excluding carboxylic acids is 1. The number of hydrogen-bond acceptors (Lipinski definition) is 4. The highest BCUT2D eigenvalue weighted by Gasteiger charge is 2.08. The molecule has 1 aromatic carbocycles. The maximum Gasteiger partial charge on any atom is 0.253 e. The van der Waals surface area contributed by atoms with Crippen LogP contribution in [0.1, 0.15) is 45.3 Å². The van der Waals surface area contributed by atoms with Crippen LogP contribution >= 0.6 is 11.3 Å². The van der Waals surface area contributed by atoms with E-state index >= 15 is 0 Å². The van der Waals surface area contributed by atoms with Crippen LogP contribution in [0, 0.1) is 6.92 Å². The van der Waals surface area contributed by atoms with Gasteiger partial charge in [-0.25, -0.2) is 4.98 Å². The molecule has 0 bridgehead atoms. The Hall–Kier alpha value is -2.41. The molecule has 1 aromatic heterocycles. The monoisotopic (exact) mass is 415 g/mol. The average Bonchev–Trinajstić information content (AvgIpc) is 3.07. The zero-order chi connectivity index (χ0) is 21.2. The SMILES string of the molecule is CCNC(=NCCc1nc(CC)c(C)s1)NCCc1cccc(C(=O)N(C)C)c1. The lowest BCUT2D eigenvalue weighted by Crippen LogP contribution is -2.38. The van der Waals surface area contributed by atoms with Gasteiger partial charge < -0.3 is 15.5 Å². The summed E-state index contributed by atoms with van der Waals surface area (Å²) in [5, 5.41) is 7.82. The molecule has 0 fully saturated rings. The fourth-order valence-corrected chi connectivity index (χ4v) is 3.98. The molecule has 29 heavy (non-hydrogen) atoms. The Morgan fingerprint density at radius 2 is 2.00 bits per heavy atom. The van der Waals surface area contributed by atoms with Gasteiger partial charge in [0.1, 0.15) is 0 Å². The molecule has 0 saturated heterocycles. The van der Waals surface area contributed by atoms with E-state index in [2.05, 4.69) is 41.4 Å². The smallest absolute Gasteiger partial charge is 0.253 e. The first-order valence-electron chi connectivity index (χ1n) is 10.2.